The van der Waals surface area contributed by atoms with Crippen LogP contribution in [0.5, 0.6) is 0 Å². The summed E-state index contributed by atoms with van der Waals surface area (Å²) in [6.45, 7) is 2.06. The highest BCUT2D eigenvalue weighted by Gasteiger charge is 2.17. The van der Waals surface area contributed by atoms with Crippen LogP contribution < -0.4 is 0 Å². The van der Waals surface area contributed by atoms with Crippen LogP contribution in [0, 0.1) is 0 Å². The van der Waals surface area contributed by atoms with Gasteiger partial charge in [0.05, 0.1) is 11.9 Å². The SMILES string of the molecule is CCc1ccccc1C(=O)c1ccnn1-c1ccccc1. The maximum Gasteiger partial charge on any atom is 0.211 e. The van der Waals surface area contributed by atoms with Gasteiger partial charge in [-0.1, -0.05) is 49.4 Å². The Bertz CT molecular complexity index is 760. The van der Waals surface area contributed by atoms with Gasteiger partial charge in [0, 0.05) is 5.56 Å². The molecule has 3 rings (SSSR count). The van der Waals surface area contributed by atoms with Crippen molar-refractivity contribution in [3.63, 3.8) is 0 Å². The van der Waals surface area contributed by atoms with Crippen LogP contribution in [0.15, 0.2) is 66.9 Å². The standard InChI is InChI=1S/C18H16N2O/c1-2-14-8-6-7-11-16(14)18(21)17-12-13-19-20(17)15-9-4-3-5-10-15/h3-13H,2H2,1H3. The van der Waals surface area contributed by atoms with E-state index in [1.807, 2.05) is 54.6 Å². The molecule has 0 amide bonds. The van der Waals surface area contributed by atoms with E-state index in [9.17, 15) is 4.79 Å². The van der Waals surface area contributed by atoms with Gasteiger partial charge in [0.15, 0.2) is 0 Å². The topological polar surface area (TPSA) is 34.9 Å². The summed E-state index contributed by atoms with van der Waals surface area (Å²) in [6, 6.07) is 19.2. The van der Waals surface area contributed by atoms with Gasteiger partial charge in [-0.3, -0.25) is 4.79 Å². The van der Waals surface area contributed by atoms with Crippen LogP contribution in [-0.4, -0.2) is 15.6 Å². The lowest BCUT2D eigenvalue weighted by atomic mass is 10.00. The van der Waals surface area contributed by atoms with Gasteiger partial charge in [-0.05, 0) is 30.2 Å². The van der Waals surface area contributed by atoms with E-state index in [0.29, 0.717) is 5.69 Å². The predicted octanol–water partition coefficient (Wildman–Crippen LogP) is 3.67. The van der Waals surface area contributed by atoms with Crippen molar-refractivity contribution in [3.05, 3.63) is 83.7 Å². The van der Waals surface area contributed by atoms with Crippen LogP contribution in [-0.2, 0) is 6.42 Å². The van der Waals surface area contributed by atoms with Crippen molar-refractivity contribution >= 4 is 5.78 Å². The number of nitrogens with zero attached hydrogens (tertiary/aromatic N) is 2. The van der Waals surface area contributed by atoms with E-state index in [1.165, 1.54) is 0 Å². The Balaban J connectivity index is 2.06. The molecular weight excluding hydrogens is 260 g/mol. The predicted molar refractivity (Wildman–Crippen MR) is 82.8 cm³/mol. The van der Waals surface area contributed by atoms with E-state index in [4.69, 9.17) is 0 Å². The van der Waals surface area contributed by atoms with E-state index in [1.54, 1.807) is 16.9 Å². The summed E-state index contributed by atoms with van der Waals surface area (Å²) in [4.78, 5) is 12.8. The van der Waals surface area contributed by atoms with Gasteiger partial charge in [0.2, 0.25) is 5.78 Å². The average Bonchev–Trinajstić information content (AvgIpc) is 3.04. The van der Waals surface area contributed by atoms with Crippen molar-refractivity contribution in [2.75, 3.05) is 0 Å². The van der Waals surface area contributed by atoms with Gasteiger partial charge in [0.25, 0.3) is 0 Å². The Labute approximate surface area is 123 Å². The zero-order valence-electron chi connectivity index (χ0n) is 11.9. The van der Waals surface area contributed by atoms with Crippen LogP contribution in [0.1, 0.15) is 28.5 Å². The van der Waals surface area contributed by atoms with Crippen molar-refractivity contribution in [2.45, 2.75) is 13.3 Å². The first-order chi connectivity index (χ1) is 10.3. The Morgan fingerprint density at radius 1 is 1.00 bits per heavy atom. The smallest absolute Gasteiger partial charge is 0.211 e. The number of ketones is 1. The molecule has 0 aliphatic carbocycles. The van der Waals surface area contributed by atoms with Crippen molar-refractivity contribution in [2.24, 2.45) is 0 Å². The number of carbonyl (C=O) groups excluding carboxylic acids is 1. The monoisotopic (exact) mass is 276 g/mol. The molecule has 0 N–H and O–H groups in total. The van der Waals surface area contributed by atoms with Gasteiger partial charge >= 0.3 is 0 Å². The van der Waals surface area contributed by atoms with Gasteiger partial charge in [0.1, 0.15) is 5.69 Å². The van der Waals surface area contributed by atoms with Crippen LogP contribution in [0.3, 0.4) is 0 Å². The Kier molecular flexibility index (Phi) is 3.65. The highest BCUT2D eigenvalue weighted by molar-refractivity contribution is 6.09. The molecule has 0 atom stereocenters. The zero-order chi connectivity index (χ0) is 14.7. The van der Waals surface area contributed by atoms with E-state index in [2.05, 4.69) is 12.0 Å². The van der Waals surface area contributed by atoms with Crippen LogP contribution in [0.4, 0.5) is 0 Å². The first kappa shape index (κ1) is 13.3. The molecule has 3 aromatic rings. The molecule has 3 nitrogen and oxygen atoms in total. The molecule has 1 heterocycles. The fraction of sp³-hybridized carbons (Fsp3) is 0.111. The van der Waals surface area contributed by atoms with E-state index >= 15 is 0 Å². The summed E-state index contributed by atoms with van der Waals surface area (Å²) in [7, 11) is 0. The summed E-state index contributed by atoms with van der Waals surface area (Å²) in [5.41, 5.74) is 3.28. The van der Waals surface area contributed by atoms with Gasteiger partial charge < -0.3 is 0 Å². The highest BCUT2D eigenvalue weighted by Crippen LogP contribution is 2.17. The normalized spacial score (nSPS) is 10.5. The van der Waals surface area contributed by atoms with Crippen molar-refractivity contribution in [3.8, 4) is 5.69 Å². The molecule has 0 saturated heterocycles. The second kappa shape index (κ2) is 5.75. The maximum atomic E-state index is 12.8. The number of aryl methyl sites for hydroxylation is 1. The lowest BCUT2D eigenvalue weighted by Crippen LogP contribution is -2.11. The quantitative estimate of drug-likeness (QED) is 0.681. The van der Waals surface area contributed by atoms with Crippen molar-refractivity contribution < 1.29 is 4.79 Å². The Morgan fingerprint density at radius 3 is 2.48 bits per heavy atom. The molecule has 3 heteroatoms. The zero-order valence-corrected chi connectivity index (χ0v) is 11.9. The second-order valence-corrected chi connectivity index (χ2v) is 4.80. The molecule has 2 aromatic carbocycles. The summed E-state index contributed by atoms with van der Waals surface area (Å²) in [5, 5.41) is 4.28. The number of hydrogen-bond donors (Lipinski definition) is 0. The number of aromatic nitrogens is 2. The van der Waals surface area contributed by atoms with Crippen LogP contribution in [0.2, 0.25) is 0 Å². The summed E-state index contributed by atoms with van der Waals surface area (Å²) in [6.07, 6.45) is 2.50. The molecule has 0 radical (unpaired) electrons. The van der Waals surface area contributed by atoms with E-state index < -0.39 is 0 Å². The summed E-state index contributed by atoms with van der Waals surface area (Å²) >= 11 is 0. The van der Waals surface area contributed by atoms with Crippen molar-refractivity contribution in [1.82, 2.24) is 9.78 Å². The Morgan fingerprint density at radius 2 is 1.71 bits per heavy atom. The molecule has 21 heavy (non-hydrogen) atoms. The van der Waals surface area contributed by atoms with Crippen LogP contribution in [0.25, 0.3) is 5.69 Å². The minimum Gasteiger partial charge on any atom is -0.287 e. The first-order valence-corrected chi connectivity index (χ1v) is 7.03. The van der Waals surface area contributed by atoms with Gasteiger partial charge in [-0.25, -0.2) is 4.68 Å². The van der Waals surface area contributed by atoms with E-state index in [0.717, 1.165) is 23.2 Å². The minimum absolute atomic E-state index is 0.00815. The fourth-order valence-electron chi connectivity index (χ4n) is 2.44. The largest absolute Gasteiger partial charge is 0.287 e. The molecule has 0 spiro atoms. The van der Waals surface area contributed by atoms with Crippen LogP contribution >= 0.6 is 0 Å². The molecular formula is C18H16N2O. The second-order valence-electron chi connectivity index (χ2n) is 4.80. The third-order valence-corrected chi connectivity index (χ3v) is 3.52. The number of benzene rings is 2. The molecule has 0 aliphatic heterocycles. The number of carbonyl (C=O) groups is 1. The third kappa shape index (κ3) is 2.50. The molecule has 0 saturated carbocycles. The first-order valence-electron chi connectivity index (χ1n) is 7.03. The third-order valence-electron chi connectivity index (χ3n) is 3.52. The molecule has 0 fully saturated rings. The summed E-state index contributed by atoms with van der Waals surface area (Å²) < 4.78 is 1.69. The summed E-state index contributed by atoms with van der Waals surface area (Å²) in [5.74, 6) is 0.00815. The molecule has 0 aliphatic rings. The lowest BCUT2D eigenvalue weighted by Gasteiger charge is -2.09. The molecule has 0 unspecified atom stereocenters. The number of hydrogen-bond acceptors (Lipinski definition) is 2. The molecule has 1 aromatic heterocycles. The minimum atomic E-state index is 0.00815. The number of para-hydroxylation sites is 1. The van der Waals surface area contributed by atoms with Gasteiger partial charge in [-0.2, -0.15) is 5.10 Å². The average molecular weight is 276 g/mol. The molecule has 104 valence electrons. The number of rotatable bonds is 4. The lowest BCUT2D eigenvalue weighted by molar-refractivity contribution is 0.103. The van der Waals surface area contributed by atoms with Crippen molar-refractivity contribution in [1.29, 1.82) is 0 Å². The van der Waals surface area contributed by atoms with Gasteiger partial charge in [-0.15, -0.1) is 0 Å². The molecule has 0 bridgehead atoms. The fourth-order valence-corrected chi connectivity index (χ4v) is 2.44. The highest BCUT2D eigenvalue weighted by atomic mass is 16.1. The van der Waals surface area contributed by atoms with E-state index in [-0.39, 0.29) is 5.78 Å². The maximum absolute atomic E-state index is 12.8. The Hall–Kier alpha value is -2.68.